The highest BCUT2D eigenvalue weighted by molar-refractivity contribution is 14.0. The second kappa shape index (κ2) is 12.5. The number of guanidine groups is 1. The summed E-state index contributed by atoms with van der Waals surface area (Å²) in [6, 6.07) is 5.75. The van der Waals surface area contributed by atoms with E-state index in [1.807, 2.05) is 45.9 Å². The predicted molar refractivity (Wildman–Crippen MR) is 123 cm³/mol. The zero-order chi connectivity index (χ0) is 19.6. The van der Waals surface area contributed by atoms with E-state index < -0.39 is 0 Å². The first kappa shape index (κ1) is 24.1. The number of nitrogens with one attached hydrogen (secondary N) is 2. The number of ether oxygens (including phenoxy) is 2. The van der Waals surface area contributed by atoms with Crippen LogP contribution in [-0.4, -0.2) is 37.9 Å². The second-order valence-corrected chi connectivity index (χ2v) is 6.09. The molecule has 0 fully saturated rings. The van der Waals surface area contributed by atoms with E-state index >= 15 is 0 Å². The summed E-state index contributed by atoms with van der Waals surface area (Å²) in [5, 5.41) is 10.6. The lowest BCUT2D eigenvalue weighted by Crippen LogP contribution is -2.30. The summed E-state index contributed by atoms with van der Waals surface area (Å²) >= 11 is 0. The molecule has 0 amide bonds. The van der Waals surface area contributed by atoms with E-state index in [1.165, 1.54) is 5.56 Å². The molecular formula is C20H31IN4O3. The van der Waals surface area contributed by atoms with E-state index in [0.29, 0.717) is 18.9 Å². The Balaban J connectivity index is 0.00000392. The van der Waals surface area contributed by atoms with Gasteiger partial charge in [-0.25, -0.2) is 0 Å². The maximum atomic E-state index is 5.56. The summed E-state index contributed by atoms with van der Waals surface area (Å²) in [5.74, 6) is 3.05. The SMILES string of the molecule is CCNC(=NCCCc1c(C)noc1C)Nc1ccc(OCC)c(OC)c1.I. The molecule has 1 aromatic carbocycles. The van der Waals surface area contributed by atoms with Crippen molar-refractivity contribution in [2.75, 3.05) is 32.1 Å². The van der Waals surface area contributed by atoms with Crippen LogP contribution in [0.4, 0.5) is 5.69 Å². The number of methoxy groups -OCH3 is 1. The molecule has 8 heteroatoms. The Morgan fingerprint density at radius 3 is 2.61 bits per heavy atom. The fourth-order valence-electron chi connectivity index (χ4n) is 2.77. The normalized spacial score (nSPS) is 11.0. The Bertz CT molecular complexity index is 742. The fraction of sp³-hybridized carbons (Fsp3) is 0.500. The maximum Gasteiger partial charge on any atom is 0.195 e. The number of aliphatic imine (C=N–C) groups is 1. The van der Waals surface area contributed by atoms with Crippen LogP contribution in [0.2, 0.25) is 0 Å². The highest BCUT2D eigenvalue weighted by atomic mass is 127. The van der Waals surface area contributed by atoms with Gasteiger partial charge in [0, 0.05) is 30.4 Å². The Morgan fingerprint density at radius 1 is 1.21 bits per heavy atom. The second-order valence-electron chi connectivity index (χ2n) is 6.09. The topological polar surface area (TPSA) is 80.9 Å². The van der Waals surface area contributed by atoms with Crippen LogP contribution < -0.4 is 20.1 Å². The molecule has 0 spiro atoms. The smallest absolute Gasteiger partial charge is 0.195 e. The number of aromatic nitrogens is 1. The Labute approximate surface area is 184 Å². The van der Waals surface area contributed by atoms with Gasteiger partial charge in [-0.3, -0.25) is 4.99 Å². The number of nitrogens with zero attached hydrogens (tertiary/aromatic N) is 2. The first-order chi connectivity index (χ1) is 13.1. The van der Waals surface area contributed by atoms with E-state index in [0.717, 1.165) is 48.2 Å². The zero-order valence-corrected chi connectivity index (χ0v) is 19.6. The van der Waals surface area contributed by atoms with Crippen molar-refractivity contribution in [1.29, 1.82) is 0 Å². The van der Waals surface area contributed by atoms with E-state index in [2.05, 4.69) is 20.8 Å². The van der Waals surface area contributed by atoms with Gasteiger partial charge in [-0.1, -0.05) is 5.16 Å². The predicted octanol–water partition coefficient (Wildman–Crippen LogP) is 4.33. The van der Waals surface area contributed by atoms with Gasteiger partial charge in [-0.05, 0) is 52.7 Å². The molecule has 2 aromatic rings. The van der Waals surface area contributed by atoms with E-state index in [-0.39, 0.29) is 24.0 Å². The molecule has 0 aliphatic heterocycles. The number of rotatable bonds is 9. The molecule has 7 nitrogen and oxygen atoms in total. The molecule has 2 rings (SSSR count). The minimum absolute atomic E-state index is 0. The quantitative estimate of drug-likeness (QED) is 0.230. The fourth-order valence-corrected chi connectivity index (χ4v) is 2.77. The van der Waals surface area contributed by atoms with Crippen LogP contribution in [0.25, 0.3) is 0 Å². The third kappa shape index (κ3) is 6.88. The van der Waals surface area contributed by atoms with Crippen LogP contribution >= 0.6 is 24.0 Å². The third-order valence-electron chi connectivity index (χ3n) is 4.11. The molecule has 0 unspecified atom stereocenters. The number of anilines is 1. The summed E-state index contributed by atoms with van der Waals surface area (Å²) in [4.78, 5) is 4.65. The highest BCUT2D eigenvalue weighted by Gasteiger charge is 2.09. The number of hydrogen-bond donors (Lipinski definition) is 2. The summed E-state index contributed by atoms with van der Waals surface area (Å²) < 4.78 is 16.2. The Kier molecular flexibility index (Phi) is 10.7. The van der Waals surface area contributed by atoms with Gasteiger partial charge in [0.15, 0.2) is 17.5 Å². The minimum Gasteiger partial charge on any atom is -0.493 e. The van der Waals surface area contributed by atoms with Gasteiger partial charge in [0.25, 0.3) is 0 Å². The molecule has 0 atom stereocenters. The average Bonchev–Trinajstić information content (AvgIpc) is 2.98. The first-order valence-electron chi connectivity index (χ1n) is 9.36. The van der Waals surface area contributed by atoms with Crippen molar-refractivity contribution in [3.63, 3.8) is 0 Å². The zero-order valence-electron chi connectivity index (χ0n) is 17.3. The molecule has 156 valence electrons. The van der Waals surface area contributed by atoms with Gasteiger partial charge in [-0.2, -0.15) is 0 Å². The lowest BCUT2D eigenvalue weighted by Gasteiger charge is -2.14. The van der Waals surface area contributed by atoms with Crippen LogP contribution in [0.1, 0.15) is 37.3 Å². The summed E-state index contributed by atoms with van der Waals surface area (Å²) in [6.07, 6.45) is 1.83. The summed E-state index contributed by atoms with van der Waals surface area (Å²) in [6.45, 7) is 9.99. The molecule has 1 heterocycles. The molecule has 0 saturated heterocycles. The van der Waals surface area contributed by atoms with E-state index in [1.54, 1.807) is 7.11 Å². The summed E-state index contributed by atoms with van der Waals surface area (Å²) in [5.41, 5.74) is 3.03. The molecule has 1 aromatic heterocycles. The van der Waals surface area contributed by atoms with Crippen LogP contribution in [0.15, 0.2) is 27.7 Å². The molecule has 0 saturated carbocycles. The molecule has 0 radical (unpaired) electrons. The van der Waals surface area contributed by atoms with Crippen molar-refractivity contribution in [2.24, 2.45) is 4.99 Å². The van der Waals surface area contributed by atoms with Gasteiger partial charge in [0.1, 0.15) is 5.76 Å². The highest BCUT2D eigenvalue weighted by Crippen LogP contribution is 2.30. The van der Waals surface area contributed by atoms with Crippen molar-refractivity contribution in [1.82, 2.24) is 10.5 Å². The van der Waals surface area contributed by atoms with Crippen molar-refractivity contribution < 1.29 is 14.0 Å². The molecule has 2 N–H and O–H groups in total. The standard InChI is InChI=1S/C20H30N4O3.HI/c1-6-21-20(22-12-8-9-17-14(3)24-27-15(17)4)23-16-10-11-18(26-7-2)19(13-16)25-5;/h10-11,13H,6-9,12H2,1-5H3,(H2,21,22,23);1H. The monoisotopic (exact) mass is 502 g/mol. The van der Waals surface area contributed by atoms with Crippen LogP contribution in [0.5, 0.6) is 11.5 Å². The number of halogens is 1. The van der Waals surface area contributed by atoms with E-state index in [9.17, 15) is 0 Å². The number of hydrogen-bond acceptors (Lipinski definition) is 5. The number of benzene rings is 1. The first-order valence-corrected chi connectivity index (χ1v) is 9.36. The van der Waals surface area contributed by atoms with Gasteiger partial charge in [0.05, 0.1) is 19.4 Å². The number of aryl methyl sites for hydroxylation is 2. The molecule has 0 bridgehead atoms. The van der Waals surface area contributed by atoms with Crippen molar-refractivity contribution >= 4 is 35.6 Å². The Hall–Kier alpha value is -1.97. The van der Waals surface area contributed by atoms with Gasteiger partial charge in [0.2, 0.25) is 0 Å². The van der Waals surface area contributed by atoms with Crippen LogP contribution in [0.3, 0.4) is 0 Å². The largest absolute Gasteiger partial charge is 0.493 e. The Morgan fingerprint density at radius 2 is 2.00 bits per heavy atom. The van der Waals surface area contributed by atoms with Gasteiger partial charge >= 0.3 is 0 Å². The van der Waals surface area contributed by atoms with Crippen LogP contribution in [-0.2, 0) is 6.42 Å². The summed E-state index contributed by atoms with van der Waals surface area (Å²) in [7, 11) is 1.63. The van der Waals surface area contributed by atoms with Gasteiger partial charge in [-0.15, -0.1) is 24.0 Å². The molecule has 28 heavy (non-hydrogen) atoms. The molecule has 0 aliphatic rings. The van der Waals surface area contributed by atoms with Gasteiger partial charge < -0.3 is 24.6 Å². The average molecular weight is 502 g/mol. The van der Waals surface area contributed by atoms with Crippen molar-refractivity contribution in [2.45, 2.75) is 40.5 Å². The van der Waals surface area contributed by atoms with Crippen molar-refractivity contribution in [3.8, 4) is 11.5 Å². The van der Waals surface area contributed by atoms with E-state index in [4.69, 9.17) is 14.0 Å². The molecule has 0 aliphatic carbocycles. The lowest BCUT2D eigenvalue weighted by molar-refractivity contribution is 0.311. The molecular weight excluding hydrogens is 471 g/mol. The lowest BCUT2D eigenvalue weighted by atomic mass is 10.1. The van der Waals surface area contributed by atoms with Crippen LogP contribution in [0, 0.1) is 13.8 Å². The minimum atomic E-state index is 0. The van der Waals surface area contributed by atoms with Crippen molar-refractivity contribution in [3.05, 3.63) is 35.2 Å². The third-order valence-corrected chi connectivity index (χ3v) is 4.11. The maximum absolute atomic E-state index is 5.56.